The summed E-state index contributed by atoms with van der Waals surface area (Å²) in [7, 11) is 0. The second-order valence-corrected chi connectivity index (χ2v) is 6.27. The van der Waals surface area contributed by atoms with E-state index < -0.39 is 0 Å². The van der Waals surface area contributed by atoms with Crippen molar-refractivity contribution in [3.8, 4) is 0 Å². The molecule has 100 valence electrons. The molecule has 4 nitrogen and oxygen atoms in total. The first kappa shape index (κ1) is 12.5. The zero-order valence-electron chi connectivity index (χ0n) is 10.5. The number of amides is 2. The van der Waals surface area contributed by atoms with E-state index >= 15 is 0 Å². The average Bonchev–Trinajstić information content (AvgIpc) is 3.08. The van der Waals surface area contributed by atoms with E-state index in [-0.39, 0.29) is 18.4 Å². The summed E-state index contributed by atoms with van der Waals surface area (Å²) in [5.74, 6) is 0.896. The van der Waals surface area contributed by atoms with Crippen molar-refractivity contribution in [3.63, 3.8) is 0 Å². The molecule has 0 aromatic heterocycles. The molecule has 1 aromatic carbocycles. The summed E-state index contributed by atoms with van der Waals surface area (Å²) < 4.78 is 0. The summed E-state index contributed by atoms with van der Waals surface area (Å²) in [4.78, 5) is 25.8. The summed E-state index contributed by atoms with van der Waals surface area (Å²) in [5, 5.41) is 3.31. The quantitative estimate of drug-likeness (QED) is 0.900. The number of hydrogen-bond acceptors (Lipinski definition) is 3. The second-order valence-electron chi connectivity index (χ2n) is 4.94. The summed E-state index contributed by atoms with van der Waals surface area (Å²) in [6, 6.07) is 9.36. The SMILES string of the molecule is O=C(NCC(=O)N1CC2CC1CS2)c1ccccc1. The maximum atomic E-state index is 12.1. The molecule has 2 unspecified atom stereocenters. The molecule has 2 aliphatic heterocycles. The fraction of sp³-hybridized carbons (Fsp3) is 0.429. The highest BCUT2D eigenvalue weighted by atomic mass is 32.2. The van der Waals surface area contributed by atoms with Gasteiger partial charge in [0.1, 0.15) is 0 Å². The molecule has 19 heavy (non-hydrogen) atoms. The first-order valence-corrected chi connectivity index (χ1v) is 7.53. The highest BCUT2D eigenvalue weighted by Gasteiger charge is 2.40. The first-order chi connectivity index (χ1) is 9.24. The molecule has 2 heterocycles. The Balaban J connectivity index is 1.52. The van der Waals surface area contributed by atoms with Gasteiger partial charge < -0.3 is 10.2 Å². The second kappa shape index (κ2) is 5.25. The van der Waals surface area contributed by atoms with E-state index in [1.807, 2.05) is 34.9 Å². The van der Waals surface area contributed by atoms with Gasteiger partial charge in [0.25, 0.3) is 5.91 Å². The van der Waals surface area contributed by atoms with Crippen LogP contribution in [0.2, 0.25) is 0 Å². The summed E-state index contributed by atoms with van der Waals surface area (Å²) >= 11 is 1.95. The standard InChI is InChI=1S/C14H16N2O2S/c17-13(16-8-12-6-11(16)9-19-12)7-15-14(18)10-4-2-1-3-5-10/h1-5,11-12H,6-9H2,(H,15,18). The van der Waals surface area contributed by atoms with Gasteiger partial charge in [-0.1, -0.05) is 18.2 Å². The van der Waals surface area contributed by atoms with Crippen molar-refractivity contribution < 1.29 is 9.59 Å². The molecule has 5 heteroatoms. The lowest BCUT2D eigenvalue weighted by Crippen LogP contribution is -2.44. The van der Waals surface area contributed by atoms with Gasteiger partial charge >= 0.3 is 0 Å². The van der Waals surface area contributed by atoms with Gasteiger partial charge in [-0.15, -0.1) is 0 Å². The number of likely N-dealkylation sites (tertiary alicyclic amines) is 1. The summed E-state index contributed by atoms with van der Waals surface area (Å²) in [6.45, 7) is 0.941. The van der Waals surface area contributed by atoms with E-state index in [9.17, 15) is 9.59 Å². The van der Waals surface area contributed by atoms with E-state index in [1.165, 1.54) is 0 Å². The molecule has 0 aliphatic carbocycles. The average molecular weight is 276 g/mol. The first-order valence-electron chi connectivity index (χ1n) is 6.48. The third-order valence-electron chi connectivity index (χ3n) is 3.66. The van der Waals surface area contributed by atoms with Gasteiger partial charge in [0.15, 0.2) is 0 Å². The fourth-order valence-electron chi connectivity index (χ4n) is 2.65. The Morgan fingerprint density at radius 2 is 2.11 bits per heavy atom. The van der Waals surface area contributed by atoms with Gasteiger partial charge in [0, 0.05) is 29.2 Å². The highest BCUT2D eigenvalue weighted by molar-refractivity contribution is 8.00. The molecule has 2 amide bonds. The lowest BCUT2D eigenvalue weighted by molar-refractivity contribution is -0.130. The van der Waals surface area contributed by atoms with E-state index in [2.05, 4.69) is 5.32 Å². The van der Waals surface area contributed by atoms with Gasteiger partial charge in [-0.2, -0.15) is 11.8 Å². The molecule has 2 fully saturated rings. The van der Waals surface area contributed by atoms with E-state index in [1.54, 1.807) is 12.1 Å². The van der Waals surface area contributed by atoms with Crippen molar-refractivity contribution in [3.05, 3.63) is 35.9 Å². The minimum absolute atomic E-state index is 0.0390. The molecule has 0 radical (unpaired) electrons. The Hall–Kier alpha value is -1.49. The van der Waals surface area contributed by atoms with Gasteiger partial charge in [0.05, 0.1) is 6.54 Å². The molecule has 2 bridgehead atoms. The Bertz CT molecular complexity index is 491. The predicted octanol–water partition coefficient (Wildman–Crippen LogP) is 1.13. The number of benzene rings is 1. The van der Waals surface area contributed by atoms with Crippen molar-refractivity contribution in [2.24, 2.45) is 0 Å². The van der Waals surface area contributed by atoms with Gasteiger partial charge in [-0.3, -0.25) is 9.59 Å². The number of carbonyl (C=O) groups is 2. The zero-order chi connectivity index (χ0) is 13.2. The topological polar surface area (TPSA) is 49.4 Å². The van der Waals surface area contributed by atoms with Crippen LogP contribution in [0.4, 0.5) is 0 Å². The van der Waals surface area contributed by atoms with Gasteiger partial charge in [0.2, 0.25) is 5.91 Å². The smallest absolute Gasteiger partial charge is 0.251 e. The Kier molecular flexibility index (Phi) is 3.46. The number of carbonyl (C=O) groups excluding carboxylic acids is 2. The van der Waals surface area contributed by atoms with Crippen LogP contribution in [0.15, 0.2) is 30.3 Å². The van der Waals surface area contributed by atoms with Gasteiger partial charge in [-0.25, -0.2) is 0 Å². The van der Waals surface area contributed by atoms with Crippen LogP contribution in [-0.2, 0) is 4.79 Å². The minimum Gasteiger partial charge on any atom is -0.343 e. The Labute approximate surface area is 116 Å². The molecule has 2 aliphatic rings. The largest absolute Gasteiger partial charge is 0.343 e. The molecule has 2 atom stereocenters. The van der Waals surface area contributed by atoms with Crippen LogP contribution in [0.5, 0.6) is 0 Å². The van der Waals surface area contributed by atoms with Crippen molar-refractivity contribution in [1.29, 1.82) is 0 Å². The van der Waals surface area contributed by atoms with Crippen molar-refractivity contribution >= 4 is 23.6 Å². The molecule has 3 rings (SSSR count). The molecular formula is C14H16N2O2S. The van der Waals surface area contributed by atoms with Gasteiger partial charge in [-0.05, 0) is 18.6 Å². The summed E-state index contributed by atoms with van der Waals surface area (Å²) in [6.07, 6.45) is 1.11. The van der Waals surface area contributed by atoms with Crippen LogP contribution in [0.25, 0.3) is 0 Å². The Morgan fingerprint density at radius 1 is 1.32 bits per heavy atom. The third-order valence-corrected chi connectivity index (χ3v) is 5.05. The Morgan fingerprint density at radius 3 is 2.74 bits per heavy atom. The van der Waals surface area contributed by atoms with Crippen molar-refractivity contribution in [2.75, 3.05) is 18.8 Å². The minimum atomic E-state index is -0.187. The number of fused-ring (bicyclic) bond motifs is 2. The monoisotopic (exact) mass is 276 g/mol. The van der Waals surface area contributed by atoms with Crippen LogP contribution in [0.3, 0.4) is 0 Å². The van der Waals surface area contributed by atoms with Crippen LogP contribution in [-0.4, -0.2) is 46.8 Å². The summed E-state index contributed by atoms with van der Waals surface area (Å²) in [5.41, 5.74) is 0.591. The molecule has 0 spiro atoms. The molecule has 0 saturated carbocycles. The molecule has 1 aromatic rings. The van der Waals surface area contributed by atoms with E-state index in [4.69, 9.17) is 0 Å². The van der Waals surface area contributed by atoms with E-state index in [0.717, 1.165) is 18.7 Å². The van der Waals surface area contributed by atoms with Crippen LogP contribution >= 0.6 is 11.8 Å². The molecule has 2 saturated heterocycles. The number of nitrogens with zero attached hydrogens (tertiary/aromatic N) is 1. The van der Waals surface area contributed by atoms with Crippen LogP contribution < -0.4 is 5.32 Å². The fourth-order valence-corrected chi connectivity index (χ4v) is 4.09. The number of thioether (sulfide) groups is 1. The zero-order valence-corrected chi connectivity index (χ0v) is 11.4. The molecular weight excluding hydrogens is 260 g/mol. The normalized spacial score (nSPS) is 24.5. The van der Waals surface area contributed by atoms with Crippen LogP contribution in [0, 0.1) is 0 Å². The third kappa shape index (κ3) is 2.61. The maximum Gasteiger partial charge on any atom is 0.251 e. The highest BCUT2D eigenvalue weighted by Crippen LogP contribution is 2.37. The number of nitrogens with one attached hydrogen (secondary N) is 1. The lowest BCUT2D eigenvalue weighted by atomic mass is 10.2. The lowest BCUT2D eigenvalue weighted by Gasteiger charge is -2.26. The van der Waals surface area contributed by atoms with E-state index in [0.29, 0.717) is 16.9 Å². The number of hydrogen-bond donors (Lipinski definition) is 1. The van der Waals surface area contributed by atoms with Crippen molar-refractivity contribution in [1.82, 2.24) is 10.2 Å². The van der Waals surface area contributed by atoms with Crippen LogP contribution in [0.1, 0.15) is 16.8 Å². The molecule has 1 N–H and O–H groups in total. The van der Waals surface area contributed by atoms with Crippen molar-refractivity contribution in [2.45, 2.75) is 17.7 Å². The predicted molar refractivity (Wildman–Crippen MR) is 75.1 cm³/mol. The maximum absolute atomic E-state index is 12.1. The number of rotatable bonds is 3.